The van der Waals surface area contributed by atoms with E-state index in [4.69, 9.17) is 0 Å². The molecule has 3 heterocycles. The summed E-state index contributed by atoms with van der Waals surface area (Å²) in [6, 6.07) is 15.9. The van der Waals surface area contributed by atoms with E-state index in [1.54, 1.807) is 12.3 Å². The summed E-state index contributed by atoms with van der Waals surface area (Å²) in [5, 5.41) is 18.3. The third-order valence-corrected chi connectivity index (χ3v) is 5.78. The van der Waals surface area contributed by atoms with E-state index in [1.165, 1.54) is 0 Å². The molecule has 0 unspecified atom stereocenters. The number of benzene rings is 2. The van der Waals surface area contributed by atoms with Crippen molar-refractivity contribution in [1.82, 2.24) is 25.3 Å². The number of nitrogens with zero attached hydrogens (tertiary/aromatic N) is 4. The van der Waals surface area contributed by atoms with Crippen molar-refractivity contribution in [3.05, 3.63) is 71.7 Å². The van der Waals surface area contributed by atoms with Crippen molar-refractivity contribution < 1.29 is 4.79 Å². The number of piperazine rings is 1. The van der Waals surface area contributed by atoms with Crippen LogP contribution in [0.1, 0.15) is 21.7 Å². The first kappa shape index (κ1) is 20.0. The van der Waals surface area contributed by atoms with Crippen molar-refractivity contribution >= 4 is 40.3 Å². The third kappa shape index (κ3) is 4.13. The van der Waals surface area contributed by atoms with E-state index in [9.17, 15) is 4.79 Å². The molecule has 0 radical (unpaired) electrons. The van der Waals surface area contributed by atoms with Crippen molar-refractivity contribution in [2.45, 2.75) is 0 Å². The van der Waals surface area contributed by atoms with Crippen LogP contribution in [0.3, 0.4) is 0 Å². The lowest BCUT2D eigenvalue weighted by Gasteiger charge is -2.35. The predicted molar refractivity (Wildman–Crippen MR) is 128 cm³/mol. The average Bonchev–Trinajstić information content (AvgIpc) is 3.49. The molecule has 162 valence electrons. The molecule has 0 saturated carbocycles. The maximum Gasteiger partial charge on any atom is 0.273 e. The van der Waals surface area contributed by atoms with E-state index in [2.05, 4.69) is 48.6 Å². The zero-order chi connectivity index (χ0) is 21.9. The van der Waals surface area contributed by atoms with Gasteiger partial charge >= 0.3 is 0 Å². The van der Waals surface area contributed by atoms with Gasteiger partial charge in [-0.15, -0.1) is 0 Å². The van der Waals surface area contributed by atoms with E-state index in [1.807, 2.05) is 48.6 Å². The molecule has 1 saturated heterocycles. The molecule has 0 aliphatic carbocycles. The molecule has 1 fully saturated rings. The Morgan fingerprint density at radius 1 is 1.03 bits per heavy atom. The minimum absolute atomic E-state index is 0.220. The highest BCUT2D eigenvalue weighted by Crippen LogP contribution is 2.33. The van der Waals surface area contributed by atoms with Crippen LogP contribution in [-0.2, 0) is 0 Å². The van der Waals surface area contributed by atoms with Gasteiger partial charge in [-0.2, -0.15) is 10.2 Å². The Morgan fingerprint density at radius 2 is 1.84 bits per heavy atom. The fourth-order valence-corrected chi connectivity index (χ4v) is 3.92. The molecule has 5 rings (SSSR count). The van der Waals surface area contributed by atoms with Crippen LogP contribution in [0.5, 0.6) is 0 Å². The minimum atomic E-state index is -0.220. The molecule has 32 heavy (non-hydrogen) atoms. The van der Waals surface area contributed by atoms with Gasteiger partial charge < -0.3 is 15.1 Å². The quantitative estimate of drug-likeness (QED) is 0.454. The van der Waals surface area contributed by atoms with E-state index < -0.39 is 0 Å². The number of carbonyl (C=O) groups is 1. The van der Waals surface area contributed by atoms with E-state index in [0.29, 0.717) is 5.69 Å². The highest BCUT2D eigenvalue weighted by Gasteiger charge is 2.21. The maximum absolute atomic E-state index is 12.8. The first-order chi connectivity index (χ1) is 15.7. The standard InChI is InChI=1S/C24H25N7O/c1-30-11-13-31(14-12-30)23-16-21-18(15-22(23)26-24(32)20-9-10-25-27-20)19(28-29-21)8-7-17-5-3-2-4-6-17/h2-10,15-16H,11-14H2,1H3,(H,25,27)(H,26,32)(H,28,29)/b8-7+. The summed E-state index contributed by atoms with van der Waals surface area (Å²) >= 11 is 0. The number of anilines is 2. The summed E-state index contributed by atoms with van der Waals surface area (Å²) in [6.45, 7) is 3.73. The van der Waals surface area contributed by atoms with Gasteiger partial charge in [0.05, 0.1) is 22.6 Å². The molecule has 1 amide bonds. The van der Waals surface area contributed by atoms with Gasteiger partial charge in [0.2, 0.25) is 0 Å². The molecule has 0 atom stereocenters. The number of carbonyl (C=O) groups excluding carboxylic acids is 1. The van der Waals surface area contributed by atoms with Crippen LogP contribution in [0.2, 0.25) is 0 Å². The van der Waals surface area contributed by atoms with Gasteiger partial charge in [0.15, 0.2) is 0 Å². The fourth-order valence-electron chi connectivity index (χ4n) is 3.92. The molecule has 4 aromatic rings. The Kier molecular flexibility index (Phi) is 5.43. The van der Waals surface area contributed by atoms with Crippen molar-refractivity contribution in [1.29, 1.82) is 0 Å². The molecule has 8 nitrogen and oxygen atoms in total. The minimum Gasteiger partial charge on any atom is -0.367 e. The number of amides is 1. The normalized spacial score (nSPS) is 15.0. The van der Waals surface area contributed by atoms with Crippen LogP contribution in [-0.4, -0.2) is 64.4 Å². The van der Waals surface area contributed by atoms with Gasteiger partial charge in [-0.25, -0.2) is 0 Å². The maximum atomic E-state index is 12.8. The van der Waals surface area contributed by atoms with Gasteiger partial charge in [-0.05, 0) is 36.9 Å². The summed E-state index contributed by atoms with van der Waals surface area (Å²) in [7, 11) is 2.13. The second-order valence-corrected chi connectivity index (χ2v) is 7.98. The van der Waals surface area contributed by atoms with E-state index >= 15 is 0 Å². The van der Waals surface area contributed by atoms with Crippen LogP contribution in [0.25, 0.3) is 23.1 Å². The molecular weight excluding hydrogens is 402 g/mol. The van der Waals surface area contributed by atoms with E-state index in [-0.39, 0.29) is 5.91 Å². The fraction of sp³-hybridized carbons (Fsp3) is 0.208. The monoisotopic (exact) mass is 427 g/mol. The lowest BCUT2D eigenvalue weighted by atomic mass is 10.1. The van der Waals surface area contributed by atoms with Crippen molar-refractivity contribution in [2.75, 3.05) is 43.4 Å². The van der Waals surface area contributed by atoms with Gasteiger partial charge in [-0.3, -0.25) is 15.0 Å². The Morgan fingerprint density at radius 3 is 2.59 bits per heavy atom. The summed E-state index contributed by atoms with van der Waals surface area (Å²) in [5.74, 6) is -0.220. The lowest BCUT2D eigenvalue weighted by Crippen LogP contribution is -2.44. The summed E-state index contributed by atoms with van der Waals surface area (Å²) in [4.78, 5) is 17.4. The number of hydrogen-bond donors (Lipinski definition) is 3. The van der Waals surface area contributed by atoms with Gasteiger partial charge in [0.1, 0.15) is 5.69 Å². The number of likely N-dealkylation sites (N-methyl/N-ethyl adjacent to an activating group) is 1. The number of aromatic nitrogens is 4. The highest BCUT2D eigenvalue weighted by molar-refractivity contribution is 6.07. The van der Waals surface area contributed by atoms with Gasteiger partial charge in [-0.1, -0.05) is 36.4 Å². The van der Waals surface area contributed by atoms with Crippen LogP contribution < -0.4 is 10.2 Å². The summed E-state index contributed by atoms with van der Waals surface area (Å²) < 4.78 is 0. The van der Waals surface area contributed by atoms with Gasteiger partial charge in [0, 0.05) is 37.8 Å². The van der Waals surface area contributed by atoms with Gasteiger partial charge in [0.25, 0.3) is 5.91 Å². The zero-order valence-electron chi connectivity index (χ0n) is 17.9. The number of nitrogens with one attached hydrogen (secondary N) is 3. The Balaban J connectivity index is 1.52. The van der Waals surface area contributed by atoms with Crippen LogP contribution >= 0.6 is 0 Å². The molecule has 2 aromatic heterocycles. The Bertz CT molecular complexity index is 1240. The number of hydrogen-bond acceptors (Lipinski definition) is 5. The molecule has 0 spiro atoms. The van der Waals surface area contributed by atoms with Crippen LogP contribution in [0.4, 0.5) is 11.4 Å². The predicted octanol–water partition coefficient (Wildman–Crippen LogP) is 3.46. The molecule has 1 aliphatic heterocycles. The molecule has 3 N–H and O–H groups in total. The smallest absolute Gasteiger partial charge is 0.273 e. The SMILES string of the molecule is CN1CCN(c2cc3[nH]nc(/C=C/c4ccccc4)c3cc2NC(=O)c2ccn[nH]2)CC1. The summed E-state index contributed by atoms with van der Waals surface area (Å²) in [6.07, 6.45) is 5.60. The topological polar surface area (TPSA) is 92.9 Å². The first-order valence-electron chi connectivity index (χ1n) is 10.7. The van der Waals surface area contributed by atoms with Crippen LogP contribution in [0.15, 0.2) is 54.7 Å². The Hall–Kier alpha value is -3.91. The van der Waals surface area contributed by atoms with Crippen molar-refractivity contribution in [3.8, 4) is 0 Å². The lowest BCUT2D eigenvalue weighted by molar-refractivity contribution is 0.102. The largest absolute Gasteiger partial charge is 0.367 e. The zero-order valence-corrected chi connectivity index (χ0v) is 17.9. The molecular formula is C24H25N7O. The number of rotatable bonds is 5. The molecule has 2 aromatic carbocycles. The number of H-pyrrole nitrogens is 2. The first-order valence-corrected chi connectivity index (χ1v) is 10.7. The van der Waals surface area contributed by atoms with Crippen molar-refractivity contribution in [3.63, 3.8) is 0 Å². The second-order valence-electron chi connectivity index (χ2n) is 7.98. The number of fused-ring (bicyclic) bond motifs is 1. The van der Waals surface area contributed by atoms with Crippen LogP contribution in [0, 0.1) is 0 Å². The highest BCUT2D eigenvalue weighted by atomic mass is 16.1. The molecule has 8 heteroatoms. The number of aromatic amines is 2. The summed E-state index contributed by atoms with van der Waals surface area (Å²) in [5.41, 5.74) is 5.03. The second kappa shape index (κ2) is 8.68. The van der Waals surface area contributed by atoms with E-state index in [0.717, 1.165) is 59.7 Å². The van der Waals surface area contributed by atoms with Crippen molar-refractivity contribution in [2.24, 2.45) is 0 Å². The molecule has 0 bridgehead atoms. The average molecular weight is 428 g/mol. The Labute approximate surface area is 185 Å². The molecule has 1 aliphatic rings. The third-order valence-electron chi connectivity index (χ3n) is 5.78.